The van der Waals surface area contributed by atoms with E-state index in [0.29, 0.717) is 13.1 Å². The molecule has 0 bridgehead atoms. The minimum absolute atomic E-state index is 0.0638. The van der Waals surface area contributed by atoms with Crippen LogP contribution in [0.3, 0.4) is 0 Å². The van der Waals surface area contributed by atoms with Crippen LogP contribution < -0.4 is 5.32 Å². The van der Waals surface area contributed by atoms with Gasteiger partial charge >= 0.3 is 0 Å². The first-order valence-corrected chi connectivity index (χ1v) is 12.8. The van der Waals surface area contributed by atoms with Crippen LogP contribution in [0.5, 0.6) is 0 Å². The van der Waals surface area contributed by atoms with Gasteiger partial charge < -0.3 is 19.9 Å². The third-order valence-corrected chi connectivity index (χ3v) is 6.96. The topological polar surface area (TPSA) is 67.8 Å². The summed E-state index contributed by atoms with van der Waals surface area (Å²) in [6.45, 7) is 7.94. The molecule has 0 spiro atoms. The standard InChI is InChI=1S/C21H29NO2S.C8H8O2/c1-5-25-21(3,15-22-16(2)20(23)24-4)19-13-11-18(12-14-19)17-9-7-6-8-10-17;9-7-10-6-8-4-2-1-3-5-8/h6-14,16,20,22-23H,5,15H2,1-4H3;1-5,7H,6H2/t16?,20?,21-;/m0./s1. The Hall–Kier alpha value is -2.64. The summed E-state index contributed by atoms with van der Waals surface area (Å²) in [6.07, 6.45) is -0.795. The van der Waals surface area contributed by atoms with Crippen LogP contribution >= 0.6 is 11.8 Å². The van der Waals surface area contributed by atoms with Crippen LogP contribution in [0.1, 0.15) is 31.9 Å². The summed E-state index contributed by atoms with van der Waals surface area (Å²) in [6, 6.07) is 28.6. The summed E-state index contributed by atoms with van der Waals surface area (Å²) >= 11 is 1.91. The van der Waals surface area contributed by atoms with Gasteiger partial charge in [0.1, 0.15) is 6.61 Å². The highest BCUT2D eigenvalue weighted by atomic mass is 32.2. The molecule has 0 radical (unpaired) electrons. The molecule has 2 unspecified atom stereocenters. The molecular formula is C29H37NO4S. The molecule has 188 valence electrons. The van der Waals surface area contributed by atoms with Gasteiger partial charge in [0, 0.05) is 13.7 Å². The van der Waals surface area contributed by atoms with Gasteiger partial charge in [0.25, 0.3) is 6.47 Å². The van der Waals surface area contributed by atoms with Crippen molar-refractivity contribution in [2.75, 3.05) is 19.4 Å². The number of nitrogens with one attached hydrogen (secondary N) is 1. The first-order chi connectivity index (χ1) is 16.9. The smallest absolute Gasteiger partial charge is 0.293 e. The van der Waals surface area contributed by atoms with Gasteiger partial charge in [0.05, 0.1) is 10.8 Å². The first-order valence-electron chi connectivity index (χ1n) is 11.8. The predicted octanol–water partition coefficient (Wildman–Crippen LogP) is 5.62. The number of carbonyl (C=O) groups is 1. The molecular weight excluding hydrogens is 458 g/mol. The third kappa shape index (κ3) is 9.49. The lowest BCUT2D eigenvalue weighted by Crippen LogP contribution is -2.44. The fourth-order valence-electron chi connectivity index (χ4n) is 3.57. The minimum Gasteiger partial charge on any atom is -0.463 e. The molecule has 2 N–H and O–H groups in total. The Morgan fingerprint density at radius 1 is 0.971 bits per heavy atom. The van der Waals surface area contributed by atoms with E-state index in [1.54, 1.807) is 0 Å². The maximum atomic E-state index is 9.79. The highest BCUT2D eigenvalue weighted by Crippen LogP contribution is 2.36. The van der Waals surface area contributed by atoms with Crippen LogP contribution in [0.25, 0.3) is 11.1 Å². The summed E-state index contributed by atoms with van der Waals surface area (Å²) in [5.74, 6) is 1.03. The molecule has 0 amide bonds. The van der Waals surface area contributed by atoms with Crippen molar-refractivity contribution < 1.29 is 19.4 Å². The van der Waals surface area contributed by atoms with Gasteiger partial charge in [-0.25, -0.2) is 0 Å². The molecule has 0 aliphatic rings. The molecule has 0 aliphatic heterocycles. The number of ether oxygens (including phenoxy) is 2. The minimum atomic E-state index is -0.795. The lowest BCUT2D eigenvalue weighted by molar-refractivity contribution is -0.129. The van der Waals surface area contributed by atoms with E-state index in [0.717, 1.165) is 17.9 Å². The Bertz CT molecular complexity index is 969. The fraction of sp³-hybridized carbons (Fsp3) is 0.345. The molecule has 5 nitrogen and oxygen atoms in total. The van der Waals surface area contributed by atoms with Gasteiger partial charge in [0.2, 0.25) is 0 Å². The van der Waals surface area contributed by atoms with Gasteiger partial charge in [-0.1, -0.05) is 91.9 Å². The first kappa shape index (κ1) is 28.6. The summed E-state index contributed by atoms with van der Waals surface area (Å²) in [7, 11) is 1.52. The maximum Gasteiger partial charge on any atom is 0.293 e. The Morgan fingerprint density at radius 3 is 2.09 bits per heavy atom. The van der Waals surface area contributed by atoms with Gasteiger partial charge in [-0.3, -0.25) is 4.79 Å². The number of hydrogen-bond donors (Lipinski definition) is 2. The van der Waals surface area contributed by atoms with Crippen LogP contribution in [-0.4, -0.2) is 43.3 Å². The van der Waals surface area contributed by atoms with E-state index < -0.39 is 6.29 Å². The van der Waals surface area contributed by atoms with Crippen molar-refractivity contribution in [3.05, 3.63) is 96.1 Å². The van der Waals surface area contributed by atoms with Crippen molar-refractivity contribution in [2.45, 2.75) is 44.5 Å². The van der Waals surface area contributed by atoms with Crippen LogP contribution in [-0.2, 0) is 25.6 Å². The molecule has 0 heterocycles. The van der Waals surface area contributed by atoms with Gasteiger partial charge in [-0.15, -0.1) is 11.8 Å². The molecule has 3 aromatic rings. The van der Waals surface area contributed by atoms with Crippen LogP contribution in [0.15, 0.2) is 84.9 Å². The lowest BCUT2D eigenvalue weighted by Gasteiger charge is -2.32. The number of benzene rings is 3. The number of carbonyl (C=O) groups excluding carboxylic acids is 1. The average molecular weight is 496 g/mol. The van der Waals surface area contributed by atoms with Crippen molar-refractivity contribution in [3.8, 4) is 11.1 Å². The van der Waals surface area contributed by atoms with E-state index in [2.05, 4.69) is 72.4 Å². The van der Waals surface area contributed by atoms with E-state index in [-0.39, 0.29) is 10.8 Å². The quantitative estimate of drug-likeness (QED) is 0.251. The number of thioether (sulfide) groups is 1. The van der Waals surface area contributed by atoms with Crippen molar-refractivity contribution in [1.29, 1.82) is 0 Å². The highest BCUT2D eigenvalue weighted by molar-refractivity contribution is 8.00. The molecule has 0 aromatic heterocycles. The van der Waals surface area contributed by atoms with E-state index in [1.165, 1.54) is 23.8 Å². The van der Waals surface area contributed by atoms with Crippen molar-refractivity contribution in [1.82, 2.24) is 5.32 Å². The second-order valence-electron chi connectivity index (χ2n) is 8.30. The van der Waals surface area contributed by atoms with Crippen molar-refractivity contribution in [3.63, 3.8) is 0 Å². The van der Waals surface area contributed by atoms with Gasteiger partial charge in [-0.2, -0.15) is 0 Å². The fourth-order valence-corrected chi connectivity index (χ4v) is 4.69. The molecule has 0 saturated heterocycles. The second-order valence-corrected chi connectivity index (χ2v) is 10.1. The van der Waals surface area contributed by atoms with Crippen LogP contribution in [0, 0.1) is 0 Å². The SMILES string of the molecule is CCS[C@@](C)(CNC(C)C(O)OC)c1ccc(-c2ccccc2)cc1.O=COCc1ccccc1. The van der Waals surface area contributed by atoms with Crippen LogP contribution in [0.2, 0.25) is 0 Å². The molecule has 0 saturated carbocycles. The molecule has 3 atom stereocenters. The number of hydrogen-bond acceptors (Lipinski definition) is 6. The Kier molecular flexibility index (Phi) is 12.6. The summed E-state index contributed by atoms with van der Waals surface area (Å²) in [5, 5.41) is 13.2. The average Bonchev–Trinajstić information content (AvgIpc) is 2.92. The van der Waals surface area contributed by atoms with Crippen LogP contribution in [0.4, 0.5) is 0 Å². The number of methoxy groups -OCH3 is 1. The van der Waals surface area contributed by atoms with E-state index >= 15 is 0 Å². The highest BCUT2D eigenvalue weighted by Gasteiger charge is 2.28. The molecule has 0 fully saturated rings. The summed E-state index contributed by atoms with van der Waals surface area (Å²) in [5.41, 5.74) is 4.75. The summed E-state index contributed by atoms with van der Waals surface area (Å²) in [4.78, 5) is 9.76. The predicted molar refractivity (Wildman–Crippen MR) is 145 cm³/mol. The maximum absolute atomic E-state index is 9.79. The zero-order chi connectivity index (χ0) is 25.5. The van der Waals surface area contributed by atoms with E-state index in [1.807, 2.05) is 55.1 Å². The normalized spacial score (nSPS) is 14.1. The number of aliphatic hydroxyl groups is 1. The molecule has 6 heteroatoms. The van der Waals surface area contributed by atoms with E-state index in [4.69, 9.17) is 4.74 Å². The second kappa shape index (κ2) is 15.4. The Balaban J connectivity index is 0.000000360. The number of aliphatic hydroxyl groups excluding tert-OH is 1. The molecule has 3 aromatic carbocycles. The Labute approximate surface area is 213 Å². The van der Waals surface area contributed by atoms with Gasteiger partial charge in [-0.05, 0) is 41.9 Å². The lowest BCUT2D eigenvalue weighted by atomic mass is 9.96. The monoisotopic (exact) mass is 495 g/mol. The Morgan fingerprint density at radius 2 is 1.54 bits per heavy atom. The third-order valence-electron chi connectivity index (χ3n) is 5.66. The largest absolute Gasteiger partial charge is 0.463 e. The van der Waals surface area contributed by atoms with Crippen molar-refractivity contribution >= 4 is 18.2 Å². The zero-order valence-electron chi connectivity index (χ0n) is 21.0. The van der Waals surface area contributed by atoms with Gasteiger partial charge in [0.15, 0.2) is 6.29 Å². The molecule has 35 heavy (non-hydrogen) atoms. The molecule has 3 rings (SSSR count). The molecule has 0 aliphatic carbocycles. The zero-order valence-corrected chi connectivity index (χ0v) is 21.8. The number of rotatable bonds is 12. The van der Waals surface area contributed by atoms with E-state index in [9.17, 15) is 9.90 Å². The van der Waals surface area contributed by atoms with Crippen molar-refractivity contribution in [2.24, 2.45) is 0 Å². The summed E-state index contributed by atoms with van der Waals surface area (Å²) < 4.78 is 9.47.